The van der Waals surface area contributed by atoms with Gasteiger partial charge < -0.3 is 20.4 Å². The van der Waals surface area contributed by atoms with Crippen LogP contribution in [0.15, 0.2) is 56.6 Å². The number of aromatic hydroxyl groups is 1. The molecule has 3 aromatic rings. The van der Waals surface area contributed by atoms with Gasteiger partial charge in [0.05, 0.1) is 13.3 Å². The van der Waals surface area contributed by atoms with Gasteiger partial charge in [-0.05, 0) is 74.3 Å². The Morgan fingerprint density at radius 1 is 1.21 bits per heavy atom. The fourth-order valence-corrected chi connectivity index (χ4v) is 4.93. The van der Waals surface area contributed by atoms with Gasteiger partial charge in [0, 0.05) is 22.5 Å². The minimum absolute atomic E-state index is 0.170. The number of ether oxygens (including phenoxy) is 1. The van der Waals surface area contributed by atoms with E-state index in [9.17, 15) is 9.90 Å². The van der Waals surface area contributed by atoms with Crippen molar-refractivity contribution in [2.45, 2.75) is 6.42 Å². The summed E-state index contributed by atoms with van der Waals surface area (Å²) >= 11 is 14.3. The highest BCUT2D eigenvalue weighted by Gasteiger charge is 2.13. The Labute approximate surface area is 192 Å². The number of oxime groups is 1. The number of nitrogens with zero attached hydrogens (tertiary/aromatic N) is 1. The Morgan fingerprint density at radius 3 is 2.55 bits per heavy atom. The van der Waals surface area contributed by atoms with Gasteiger partial charge in [-0.3, -0.25) is 4.79 Å². The number of thiophene rings is 1. The molecule has 3 N–H and O–H groups in total. The van der Waals surface area contributed by atoms with Crippen molar-refractivity contribution in [2.75, 3.05) is 5.32 Å². The van der Waals surface area contributed by atoms with Crippen molar-refractivity contribution < 1.29 is 19.8 Å². The molecule has 0 aliphatic rings. The number of carbonyl (C=O) groups excluding carboxylic acids is 1. The molecule has 0 spiro atoms. The molecule has 0 fully saturated rings. The van der Waals surface area contributed by atoms with E-state index >= 15 is 0 Å². The maximum Gasteiger partial charge on any atom is 0.270 e. The van der Waals surface area contributed by atoms with Crippen LogP contribution in [0.3, 0.4) is 0 Å². The fourth-order valence-electron chi connectivity index (χ4n) is 2.48. The topological polar surface area (TPSA) is 91.2 Å². The molecule has 1 amide bonds. The van der Waals surface area contributed by atoms with Crippen LogP contribution < -0.4 is 10.1 Å². The summed E-state index contributed by atoms with van der Waals surface area (Å²) in [5.74, 6) is 0.626. The molecule has 1 heterocycles. The molecule has 0 unspecified atom stereocenters. The molecule has 150 valence electrons. The van der Waals surface area contributed by atoms with Gasteiger partial charge in [-0.2, -0.15) is 0 Å². The molecule has 3 rings (SSSR count). The number of rotatable bonds is 6. The van der Waals surface area contributed by atoms with Gasteiger partial charge >= 0.3 is 0 Å². The maximum atomic E-state index is 11.5. The Morgan fingerprint density at radius 2 is 1.93 bits per heavy atom. The third kappa shape index (κ3) is 5.72. The zero-order valence-electron chi connectivity index (χ0n) is 14.5. The van der Waals surface area contributed by atoms with Crippen molar-refractivity contribution in [1.29, 1.82) is 0 Å². The van der Waals surface area contributed by atoms with Gasteiger partial charge in [0.25, 0.3) is 5.91 Å². The second kappa shape index (κ2) is 9.62. The van der Waals surface area contributed by atoms with Crippen LogP contribution in [0.2, 0.25) is 4.34 Å². The van der Waals surface area contributed by atoms with E-state index < -0.39 is 5.91 Å². The molecule has 0 bridgehead atoms. The lowest BCUT2D eigenvalue weighted by Gasteiger charge is -2.13. The zero-order valence-corrected chi connectivity index (χ0v) is 19.3. The third-order valence-corrected chi connectivity index (χ3v) is 6.11. The molecular formula is C19H13Br2ClN2O4S. The first kappa shape index (κ1) is 21.6. The average Bonchev–Trinajstić information content (AvgIpc) is 3.06. The Bertz CT molecular complexity index is 1060. The molecular weight excluding hydrogens is 548 g/mol. The van der Waals surface area contributed by atoms with Gasteiger partial charge in [0.15, 0.2) is 5.75 Å². The number of phenolic OH excluding ortho intramolecular Hbond substituents is 1. The quantitative estimate of drug-likeness (QED) is 0.185. The van der Waals surface area contributed by atoms with Gasteiger partial charge in [-0.1, -0.05) is 16.8 Å². The van der Waals surface area contributed by atoms with Crippen molar-refractivity contribution in [3.05, 3.63) is 66.2 Å². The van der Waals surface area contributed by atoms with Crippen LogP contribution in [-0.2, 0) is 11.2 Å². The van der Waals surface area contributed by atoms with Crippen LogP contribution in [0.1, 0.15) is 10.4 Å². The van der Waals surface area contributed by atoms with Gasteiger partial charge in [-0.15, -0.1) is 11.3 Å². The number of nitrogens with one attached hydrogen (secondary N) is 1. The van der Waals surface area contributed by atoms with Gasteiger partial charge in [0.2, 0.25) is 0 Å². The summed E-state index contributed by atoms with van der Waals surface area (Å²) in [7, 11) is 0. The van der Waals surface area contributed by atoms with E-state index in [0.29, 0.717) is 42.5 Å². The van der Waals surface area contributed by atoms with Crippen molar-refractivity contribution in [3.8, 4) is 17.2 Å². The Kier molecular flexibility index (Phi) is 7.18. The van der Waals surface area contributed by atoms with Crippen LogP contribution in [0.25, 0.3) is 0 Å². The number of phenols is 1. The largest absolute Gasteiger partial charge is 0.508 e. The lowest BCUT2D eigenvalue weighted by molar-refractivity contribution is -0.110. The molecule has 29 heavy (non-hydrogen) atoms. The Balaban J connectivity index is 1.82. The monoisotopic (exact) mass is 558 g/mol. The first-order valence-electron chi connectivity index (χ1n) is 8.07. The summed E-state index contributed by atoms with van der Waals surface area (Å²) in [5, 5.41) is 23.8. The molecule has 0 saturated carbocycles. The van der Waals surface area contributed by atoms with Gasteiger partial charge in [-0.25, -0.2) is 0 Å². The highest BCUT2D eigenvalue weighted by Crippen LogP contribution is 2.40. The Hall–Kier alpha value is -2.07. The first-order valence-corrected chi connectivity index (χ1v) is 10.8. The summed E-state index contributed by atoms with van der Waals surface area (Å²) in [6, 6.07) is 12.0. The summed E-state index contributed by atoms with van der Waals surface area (Å²) in [4.78, 5) is 12.5. The SMILES string of the molecule is O=C(/C=N/O)Nc1cc(Br)c(Oc2ccc(O)c(Cc3ccc(Cl)s3)c2)c(Br)c1. The third-order valence-electron chi connectivity index (χ3n) is 3.71. The molecule has 0 aliphatic heterocycles. The van der Waals surface area contributed by atoms with E-state index in [1.807, 2.05) is 12.1 Å². The van der Waals surface area contributed by atoms with Crippen LogP contribution in [0.4, 0.5) is 5.69 Å². The molecule has 0 atom stereocenters. The fraction of sp³-hybridized carbons (Fsp3) is 0.0526. The lowest BCUT2D eigenvalue weighted by Crippen LogP contribution is -2.12. The van der Waals surface area contributed by atoms with E-state index in [4.69, 9.17) is 21.5 Å². The smallest absolute Gasteiger partial charge is 0.270 e. The number of benzene rings is 2. The summed E-state index contributed by atoms with van der Waals surface area (Å²) in [6.45, 7) is 0. The van der Waals surface area contributed by atoms with E-state index in [2.05, 4.69) is 42.3 Å². The van der Waals surface area contributed by atoms with Crippen LogP contribution in [0, 0.1) is 0 Å². The van der Waals surface area contributed by atoms with E-state index in [-0.39, 0.29) is 5.75 Å². The molecule has 6 nitrogen and oxygen atoms in total. The molecule has 0 radical (unpaired) electrons. The van der Waals surface area contributed by atoms with Crippen LogP contribution in [-0.4, -0.2) is 22.4 Å². The van der Waals surface area contributed by atoms with E-state index in [0.717, 1.165) is 11.1 Å². The molecule has 2 aromatic carbocycles. The van der Waals surface area contributed by atoms with Crippen molar-refractivity contribution in [2.24, 2.45) is 5.16 Å². The average molecular weight is 561 g/mol. The molecule has 0 saturated heterocycles. The van der Waals surface area contributed by atoms with Gasteiger partial charge in [0.1, 0.15) is 17.7 Å². The van der Waals surface area contributed by atoms with Crippen molar-refractivity contribution in [3.63, 3.8) is 0 Å². The van der Waals surface area contributed by atoms with Crippen molar-refractivity contribution >= 4 is 72.6 Å². The minimum Gasteiger partial charge on any atom is -0.508 e. The highest BCUT2D eigenvalue weighted by atomic mass is 79.9. The molecule has 10 heteroatoms. The predicted octanol–water partition coefficient (Wildman–Crippen LogP) is 6.41. The molecule has 0 aliphatic carbocycles. The number of hydrogen-bond donors (Lipinski definition) is 3. The standard InChI is InChI=1S/C19H13Br2ClN2O4S/c20-14-7-11(24-18(26)9-23-27)8-15(21)19(14)28-12-1-3-16(25)10(5-12)6-13-2-4-17(22)29-13/h1-5,7-9,25,27H,6H2,(H,24,26)/b23-9+. The second-order valence-corrected chi connectivity index (χ2v) is 9.29. The normalized spacial score (nSPS) is 11.0. The minimum atomic E-state index is -0.572. The second-order valence-electron chi connectivity index (χ2n) is 5.78. The lowest BCUT2D eigenvalue weighted by atomic mass is 10.1. The number of amides is 1. The predicted molar refractivity (Wildman–Crippen MR) is 121 cm³/mol. The summed E-state index contributed by atoms with van der Waals surface area (Å²) < 4.78 is 7.84. The van der Waals surface area contributed by atoms with Crippen LogP contribution >= 0.6 is 54.8 Å². The number of hydrogen-bond acceptors (Lipinski definition) is 6. The zero-order chi connectivity index (χ0) is 21.0. The summed E-state index contributed by atoms with van der Waals surface area (Å²) in [5.41, 5.74) is 1.18. The maximum absolute atomic E-state index is 11.5. The number of halogens is 3. The van der Waals surface area contributed by atoms with E-state index in [1.54, 1.807) is 30.3 Å². The molecule has 1 aromatic heterocycles. The van der Waals surface area contributed by atoms with Crippen LogP contribution in [0.5, 0.6) is 17.2 Å². The first-order chi connectivity index (χ1) is 13.9. The van der Waals surface area contributed by atoms with E-state index in [1.165, 1.54) is 11.3 Å². The number of carbonyl (C=O) groups is 1. The number of anilines is 1. The van der Waals surface area contributed by atoms with Crippen molar-refractivity contribution in [1.82, 2.24) is 0 Å². The highest BCUT2D eigenvalue weighted by molar-refractivity contribution is 9.11. The summed E-state index contributed by atoms with van der Waals surface area (Å²) in [6.07, 6.45) is 1.28.